The van der Waals surface area contributed by atoms with Gasteiger partial charge in [-0.05, 0) is 37.0 Å². The van der Waals surface area contributed by atoms with Crippen LogP contribution in [0.1, 0.15) is 29.3 Å². The van der Waals surface area contributed by atoms with Crippen molar-refractivity contribution < 1.29 is 14.7 Å². The Morgan fingerprint density at radius 3 is 2.74 bits per heavy atom. The van der Waals surface area contributed by atoms with Crippen molar-refractivity contribution in [2.24, 2.45) is 5.92 Å². The summed E-state index contributed by atoms with van der Waals surface area (Å²) in [6, 6.07) is 4.39. The highest BCUT2D eigenvalue weighted by Crippen LogP contribution is 2.27. The second kappa shape index (κ2) is 4.91. The lowest BCUT2D eigenvalue weighted by atomic mass is 10.0. The van der Waals surface area contributed by atoms with Gasteiger partial charge in [0.2, 0.25) is 0 Å². The molecule has 1 aliphatic rings. The van der Waals surface area contributed by atoms with Gasteiger partial charge in [-0.2, -0.15) is 0 Å². The summed E-state index contributed by atoms with van der Waals surface area (Å²) in [5.74, 6) is -1.22. The zero-order chi connectivity index (χ0) is 14.2. The van der Waals surface area contributed by atoms with E-state index >= 15 is 0 Å². The van der Waals surface area contributed by atoms with Crippen LogP contribution >= 0.6 is 0 Å². The zero-order valence-corrected chi connectivity index (χ0v) is 11.1. The van der Waals surface area contributed by atoms with E-state index in [2.05, 4.69) is 0 Å². The van der Waals surface area contributed by atoms with E-state index in [-0.39, 0.29) is 11.8 Å². The number of hydrogen-bond acceptors (Lipinski definition) is 3. The maximum Gasteiger partial charge on any atom is 0.326 e. The fourth-order valence-electron chi connectivity index (χ4n) is 2.59. The number of hydrogen-bond donors (Lipinski definition) is 2. The first-order chi connectivity index (χ1) is 8.93. The molecule has 2 unspecified atom stereocenters. The lowest BCUT2D eigenvalue weighted by Crippen LogP contribution is -2.43. The molecule has 1 aliphatic heterocycles. The SMILES string of the molecule is Cc1c(N)cccc1C(=O)N1CCC(C)C1C(=O)O. The molecule has 2 rings (SSSR count). The number of carbonyl (C=O) groups excluding carboxylic acids is 1. The smallest absolute Gasteiger partial charge is 0.326 e. The summed E-state index contributed by atoms with van der Waals surface area (Å²) in [5, 5.41) is 9.26. The van der Waals surface area contributed by atoms with Crippen LogP contribution in [0.2, 0.25) is 0 Å². The van der Waals surface area contributed by atoms with Crippen LogP contribution in [0.4, 0.5) is 5.69 Å². The minimum absolute atomic E-state index is 0.0252. The van der Waals surface area contributed by atoms with E-state index in [0.29, 0.717) is 29.8 Å². The third-order valence-electron chi connectivity index (χ3n) is 3.82. The highest BCUT2D eigenvalue weighted by atomic mass is 16.4. The number of rotatable bonds is 2. The normalized spacial score (nSPS) is 22.5. The van der Waals surface area contributed by atoms with Gasteiger partial charge in [0.1, 0.15) is 6.04 Å². The van der Waals surface area contributed by atoms with Crippen molar-refractivity contribution in [3.05, 3.63) is 29.3 Å². The van der Waals surface area contributed by atoms with Crippen LogP contribution in [0.15, 0.2) is 18.2 Å². The molecule has 5 heteroatoms. The quantitative estimate of drug-likeness (QED) is 0.791. The Bertz CT molecular complexity index is 527. The van der Waals surface area contributed by atoms with Gasteiger partial charge in [-0.3, -0.25) is 4.79 Å². The molecule has 0 aliphatic carbocycles. The standard InChI is InChI=1S/C14H18N2O3/c1-8-6-7-16(12(8)14(18)19)13(17)10-4-3-5-11(15)9(10)2/h3-5,8,12H,6-7,15H2,1-2H3,(H,18,19). The van der Waals surface area contributed by atoms with Crippen molar-refractivity contribution in [3.63, 3.8) is 0 Å². The molecule has 0 spiro atoms. The van der Waals surface area contributed by atoms with Gasteiger partial charge in [0.25, 0.3) is 5.91 Å². The van der Waals surface area contributed by atoms with Gasteiger partial charge in [-0.1, -0.05) is 13.0 Å². The summed E-state index contributed by atoms with van der Waals surface area (Å²) >= 11 is 0. The van der Waals surface area contributed by atoms with Gasteiger partial charge in [-0.25, -0.2) is 4.79 Å². The zero-order valence-electron chi connectivity index (χ0n) is 11.1. The molecule has 1 amide bonds. The van der Waals surface area contributed by atoms with Gasteiger partial charge in [-0.15, -0.1) is 0 Å². The molecule has 1 heterocycles. The maximum absolute atomic E-state index is 12.5. The van der Waals surface area contributed by atoms with Crippen LogP contribution in [-0.2, 0) is 4.79 Å². The number of nitrogens with zero attached hydrogens (tertiary/aromatic N) is 1. The topological polar surface area (TPSA) is 83.6 Å². The molecule has 5 nitrogen and oxygen atoms in total. The maximum atomic E-state index is 12.5. The molecule has 3 N–H and O–H groups in total. The average Bonchev–Trinajstić information content (AvgIpc) is 2.74. The Hall–Kier alpha value is -2.04. The van der Waals surface area contributed by atoms with E-state index < -0.39 is 12.0 Å². The van der Waals surface area contributed by atoms with Gasteiger partial charge in [0, 0.05) is 17.8 Å². The third-order valence-corrected chi connectivity index (χ3v) is 3.82. The Morgan fingerprint density at radius 2 is 2.11 bits per heavy atom. The van der Waals surface area contributed by atoms with Crippen LogP contribution < -0.4 is 5.73 Å². The second-order valence-electron chi connectivity index (χ2n) is 5.07. The van der Waals surface area contributed by atoms with E-state index in [1.807, 2.05) is 6.92 Å². The van der Waals surface area contributed by atoms with E-state index in [1.165, 1.54) is 4.90 Å². The number of aliphatic carboxylic acids is 1. The van der Waals surface area contributed by atoms with Crippen LogP contribution in [0, 0.1) is 12.8 Å². The first-order valence-electron chi connectivity index (χ1n) is 6.32. The minimum Gasteiger partial charge on any atom is -0.480 e. The van der Waals surface area contributed by atoms with Crippen LogP contribution in [0.5, 0.6) is 0 Å². The molecule has 1 fully saturated rings. The summed E-state index contributed by atoms with van der Waals surface area (Å²) in [6.45, 7) is 4.11. The number of benzene rings is 1. The number of amides is 1. The molecule has 102 valence electrons. The van der Waals surface area contributed by atoms with E-state index in [4.69, 9.17) is 5.73 Å². The van der Waals surface area contributed by atoms with Crippen molar-refractivity contribution in [1.29, 1.82) is 0 Å². The van der Waals surface area contributed by atoms with Crippen LogP contribution in [0.3, 0.4) is 0 Å². The van der Waals surface area contributed by atoms with E-state index in [9.17, 15) is 14.7 Å². The van der Waals surface area contributed by atoms with Gasteiger partial charge in [0.15, 0.2) is 0 Å². The van der Waals surface area contributed by atoms with Crippen molar-refractivity contribution in [1.82, 2.24) is 4.90 Å². The van der Waals surface area contributed by atoms with Gasteiger partial charge in [0.05, 0.1) is 0 Å². The first-order valence-corrected chi connectivity index (χ1v) is 6.32. The lowest BCUT2D eigenvalue weighted by molar-refractivity contribution is -0.142. The molecule has 1 aromatic carbocycles. The third kappa shape index (κ3) is 2.28. The number of nitrogen functional groups attached to an aromatic ring is 1. The van der Waals surface area contributed by atoms with E-state index in [0.717, 1.165) is 0 Å². The lowest BCUT2D eigenvalue weighted by Gasteiger charge is -2.24. The highest BCUT2D eigenvalue weighted by molar-refractivity contribution is 5.99. The van der Waals surface area contributed by atoms with Crippen molar-refractivity contribution in [3.8, 4) is 0 Å². The molecule has 0 bridgehead atoms. The molecule has 0 aromatic heterocycles. The first kappa shape index (κ1) is 13.4. The van der Waals surface area contributed by atoms with Crippen molar-refractivity contribution >= 4 is 17.6 Å². The van der Waals surface area contributed by atoms with Gasteiger partial charge < -0.3 is 15.7 Å². The minimum atomic E-state index is -0.945. The molecule has 0 radical (unpaired) electrons. The Morgan fingerprint density at radius 1 is 1.42 bits per heavy atom. The molecule has 2 atom stereocenters. The summed E-state index contributed by atoms with van der Waals surface area (Å²) < 4.78 is 0. The largest absolute Gasteiger partial charge is 0.480 e. The number of nitrogens with two attached hydrogens (primary N) is 1. The molecular weight excluding hydrogens is 244 g/mol. The van der Waals surface area contributed by atoms with Crippen molar-refractivity contribution in [2.75, 3.05) is 12.3 Å². The van der Waals surface area contributed by atoms with Gasteiger partial charge >= 0.3 is 5.97 Å². The molecule has 1 aromatic rings. The number of anilines is 1. The molecular formula is C14H18N2O3. The molecule has 19 heavy (non-hydrogen) atoms. The Balaban J connectivity index is 2.34. The number of carboxylic acid groups (broad SMARTS) is 1. The Kier molecular flexibility index (Phi) is 3.46. The monoisotopic (exact) mass is 262 g/mol. The summed E-state index contributed by atoms with van der Waals surface area (Å²) in [6.07, 6.45) is 0.712. The van der Waals surface area contributed by atoms with Crippen LogP contribution in [-0.4, -0.2) is 34.5 Å². The van der Waals surface area contributed by atoms with Crippen molar-refractivity contribution in [2.45, 2.75) is 26.3 Å². The Labute approximate surface area is 112 Å². The summed E-state index contributed by atoms with van der Waals surface area (Å²) in [7, 11) is 0. The fourth-order valence-corrected chi connectivity index (χ4v) is 2.59. The predicted molar refractivity (Wildman–Crippen MR) is 71.8 cm³/mol. The molecule has 1 saturated heterocycles. The fraction of sp³-hybridized carbons (Fsp3) is 0.429. The number of carboxylic acids is 1. The average molecular weight is 262 g/mol. The summed E-state index contributed by atoms with van der Waals surface area (Å²) in [4.78, 5) is 25.2. The summed E-state index contributed by atoms with van der Waals surface area (Å²) in [5.41, 5.74) is 7.53. The second-order valence-corrected chi connectivity index (χ2v) is 5.07. The number of carbonyl (C=O) groups is 2. The van der Waals surface area contributed by atoms with Crippen LogP contribution in [0.25, 0.3) is 0 Å². The number of likely N-dealkylation sites (tertiary alicyclic amines) is 1. The predicted octanol–water partition coefficient (Wildman–Crippen LogP) is 1.51. The highest BCUT2D eigenvalue weighted by Gasteiger charge is 2.40. The molecule has 0 saturated carbocycles. The van der Waals surface area contributed by atoms with E-state index in [1.54, 1.807) is 25.1 Å².